The Balaban J connectivity index is 2.13. The van der Waals surface area contributed by atoms with Crippen LogP contribution in [0.5, 0.6) is 5.75 Å². The van der Waals surface area contributed by atoms with Crippen LogP contribution in [0.4, 0.5) is 0 Å². The van der Waals surface area contributed by atoms with E-state index in [0.717, 1.165) is 33.4 Å². The molecule has 0 bridgehead atoms. The van der Waals surface area contributed by atoms with E-state index in [1.165, 1.54) is 0 Å². The molecule has 4 aromatic rings. The van der Waals surface area contributed by atoms with Gasteiger partial charge in [0.1, 0.15) is 0 Å². The van der Waals surface area contributed by atoms with Crippen molar-refractivity contribution in [3.63, 3.8) is 0 Å². The van der Waals surface area contributed by atoms with E-state index in [0.29, 0.717) is 5.75 Å². The summed E-state index contributed by atoms with van der Waals surface area (Å²) >= 11 is 0. The summed E-state index contributed by atoms with van der Waals surface area (Å²) in [6, 6.07) is 38.3. The van der Waals surface area contributed by atoms with Gasteiger partial charge >= 0.3 is 0 Å². The zero-order valence-electron chi connectivity index (χ0n) is 15.3. The van der Waals surface area contributed by atoms with Crippen molar-refractivity contribution in [3.8, 4) is 5.75 Å². The standard InChI is InChI=1S/C26H20O2/c27-28-24-19-11-10-18-23(24)26(22-16-8-3-9-17-22)25(20-12-4-1-5-13-20)21-14-6-2-7-15-21/h1-19,27H. The molecule has 0 radical (unpaired) electrons. The van der Waals surface area contributed by atoms with Crippen molar-refractivity contribution in [2.75, 3.05) is 0 Å². The van der Waals surface area contributed by atoms with Crippen LogP contribution in [0.25, 0.3) is 11.1 Å². The first-order valence-corrected chi connectivity index (χ1v) is 9.20. The van der Waals surface area contributed by atoms with Gasteiger partial charge in [0, 0.05) is 11.1 Å². The molecule has 136 valence electrons. The minimum Gasteiger partial charge on any atom is -0.340 e. The molecule has 0 aromatic heterocycles. The van der Waals surface area contributed by atoms with E-state index >= 15 is 0 Å². The van der Waals surface area contributed by atoms with Crippen molar-refractivity contribution >= 4 is 11.1 Å². The Morgan fingerprint density at radius 1 is 0.464 bits per heavy atom. The highest BCUT2D eigenvalue weighted by Gasteiger charge is 2.19. The summed E-state index contributed by atoms with van der Waals surface area (Å²) in [5.74, 6) is 0.422. The van der Waals surface area contributed by atoms with E-state index in [1.807, 2.05) is 72.8 Å². The van der Waals surface area contributed by atoms with Crippen molar-refractivity contribution in [3.05, 3.63) is 138 Å². The zero-order valence-corrected chi connectivity index (χ0v) is 15.3. The maximum absolute atomic E-state index is 9.51. The molecule has 0 heterocycles. The lowest BCUT2D eigenvalue weighted by atomic mass is 9.85. The van der Waals surface area contributed by atoms with Crippen molar-refractivity contribution in [2.24, 2.45) is 0 Å². The van der Waals surface area contributed by atoms with Gasteiger partial charge in [-0.15, -0.1) is 0 Å². The first kappa shape index (κ1) is 17.8. The van der Waals surface area contributed by atoms with Gasteiger partial charge in [0.05, 0.1) is 0 Å². The largest absolute Gasteiger partial charge is 0.340 e. The number of hydrogen-bond donors (Lipinski definition) is 1. The van der Waals surface area contributed by atoms with Gasteiger partial charge < -0.3 is 4.89 Å². The topological polar surface area (TPSA) is 29.5 Å². The van der Waals surface area contributed by atoms with Crippen LogP contribution in [0.15, 0.2) is 115 Å². The van der Waals surface area contributed by atoms with Gasteiger partial charge in [-0.3, -0.25) is 0 Å². The van der Waals surface area contributed by atoms with E-state index in [2.05, 4.69) is 36.4 Å². The maximum atomic E-state index is 9.51. The monoisotopic (exact) mass is 364 g/mol. The third-order valence-corrected chi connectivity index (χ3v) is 4.69. The molecule has 2 nitrogen and oxygen atoms in total. The van der Waals surface area contributed by atoms with Gasteiger partial charge in [-0.05, 0) is 28.3 Å². The van der Waals surface area contributed by atoms with Crippen LogP contribution in [-0.2, 0) is 0 Å². The molecule has 1 N–H and O–H groups in total. The molecule has 0 unspecified atom stereocenters. The Hall–Kier alpha value is -3.62. The average Bonchev–Trinajstić information content (AvgIpc) is 2.79. The van der Waals surface area contributed by atoms with Crippen LogP contribution in [0.2, 0.25) is 0 Å². The highest BCUT2D eigenvalue weighted by atomic mass is 17.1. The van der Waals surface area contributed by atoms with Crippen molar-refractivity contribution in [2.45, 2.75) is 0 Å². The molecule has 4 rings (SSSR count). The summed E-state index contributed by atoms with van der Waals surface area (Å²) in [5, 5.41) is 9.51. The van der Waals surface area contributed by atoms with Gasteiger partial charge in [-0.25, -0.2) is 5.26 Å². The summed E-state index contributed by atoms with van der Waals surface area (Å²) in [7, 11) is 0. The van der Waals surface area contributed by atoms with Crippen LogP contribution in [0.1, 0.15) is 22.3 Å². The summed E-state index contributed by atoms with van der Waals surface area (Å²) in [5.41, 5.74) is 6.16. The van der Waals surface area contributed by atoms with Crippen molar-refractivity contribution in [1.29, 1.82) is 0 Å². The summed E-state index contributed by atoms with van der Waals surface area (Å²) in [6.07, 6.45) is 0. The van der Waals surface area contributed by atoms with Gasteiger partial charge in [-0.2, -0.15) is 0 Å². The van der Waals surface area contributed by atoms with Crippen LogP contribution < -0.4 is 4.89 Å². The van der Waals surface area contributed by atoms with Gasteiger partial charge in [0.15, 0.2) is 5.75 Å². The fourth-order valence-corrected chi connectivity index (χ4v) is 3.46. The molecule has 0 saturated heterocycles. The van der Waals surface area contributed by atoms with Gasteiger partial charge in [0.2, 0.25) is 0 Å². The molecule has 0 atom stereocenters. The van der Waals surface area contributed by atoms with Crippen LogP contribution in [-0.4, -0.2) is 5.26 Å². The van der Waals surface area contributed by atoms with Crippen LogP contribution in [0, 0.1) is 0 Å². The van der Waals surface area contributed by atoms with E-state index in [9.17, 15) is 5.26 Å². The Morgan fingerprint density at radius 2 is 0.857 bits per heavy atom. The predicted molar refractivity (Wildman–Crippen MR) is 114 cm³/mol. The lowest BCUT2D eigenvalue weighted by Crippen LogP contribution is -1.99. The molecule has 0 fully saturated rings. The Kier molecular flexibility index (Phi) is 5.32. The summed E-state index contributed by atoms with van der Waals surface area (Å²) < 4.78 is 0. The van der Waals surface area contributed by atoms with E-state index in [1.54, 1.807) is 6.07 Å². The fourth-order valence-electron chi connectivity index (χ4n) is 3.46. The lowest BCUT2D eigenvalue weighted by molar-refractivity contribution is -0.137. The highest BCUT2D eigenvalue weighted by Crippen LogP contribution is 2.39. The summed E-state index contributed by atoms with van der Waals surface area (Å²) in [4.78, 5) is 4.74. The maximum Gasteiger partial charge on any atom is 0.172 e. The molecule has 0 aliphatic rings. The third-order valence-electron chi connectivity index (χ3n) is 4.69. The zero-order chi connectivity index (χ0) is 19.2. The predicted octanol–water partition coefficient (Wildman–Crippen LogP) is 6.55. The number of rotatable bonds is 5. The Bertz CT molecular complexity index is 1030. The quantitative estimate of drug-likeness (QED) is 0.247. The van der Waals surface area contributed by atoms with E-state index < -0.39 is 0 Å². The van der Waals surface area contributed by atoms with E-state index in [4.69, 9.17) is 4.89 Å². The second-order valence-electron chi connectivity index (χ2n) is 6.44. The van der Waals surface area contributed by atoms with E-state index in [-0.39, 0.29) is 0 Å². The minimum absolute atomic E-state index is 0.422. The smallest absolute Gasteiger partial charge is 0.172 e. The first-order valence-electron chi connectivity index (χ1n) is 9.20. The normalized spacial score (nSPS) is 10.3. The van der Waals surface area contributed by atoms with Crippen molar-refractivity contribution in [1.82, 2.24) is 0 Å². The Labute approximate surface area is 164 Å². The molecule has 0 amide bonds. The lowest BCUT2D eigenvalue weighted by Gasteiger charge is -2.19. The minimum atomic E-state index is 0.422. The first-order chi connectivity index (χ1) is 13.9. The molecule has 0 saturated carbocycles. The molecule has 28 heavy (non-hydrogen) atoms. The molecular formula is C26H20O2. The van der Waals surface area contributed by atoms with Crippen LogP contribution >= 0.6 is 0 Å². The molecule has 0 spiro atoms. The third kappa shape index (κ3) is 3.59. The summed E-state index contributed by atoms with van der Waals surface area (Å²) in [6.45, 7) is 0. The fraction of sp³-hybridized carbons (Fsp3) is 0. The average molecular weight is 364 g/mol. The molecule has 2 heteroatoms. The molecular weight excluding hydrogens is 344 g/mol. The van der Waals surface area contributed by atoms with Gasteiger partial charge in [-0.1, -0.05) is 109 Å². The highest BCUT2D eigenvalue weighted by molar-refractivity contribution is 6.05. The second-order valence-corrected chi connectivity index (χ2v) is 6.44. The molecule has 0 aliphatic heterocycles. The number of benzene rings is 4. The number of hydrogen-bond acceptors (Lipinski definition) is 2. The Morgan fingerprint density at radius 3 is 1.32 bits per heavy atom. The SMILES string of the molecule is OOc1ccccc1C(=C(c1ccccc1)c1ccccc1)c1ccccc1. The van der Waals surface area contributed by atoms with Gasteiger partial charge in [0.25, 0.3) is 0 Å². The van der Waals surface area contributed by atoms with Crippen LogP contribution in [0.3, 0.4) is 0 Å². The van der Waals surface area contributed by atoms with Crippen molar-refractivity contribution < 1.29 is 10.1 Å². The molecule has 0 aliphatic carbocycles. The second kappa shape index (κ2) is 8.38. The number of para-hydroxylation sites is 1. The molecule has 4 aromatic carbocycles.